The summed E-state index contributed by atoms with van der Waals surface area (Å²) in [6.45, 7) is 9.13. The Morgan fingerprint density at radius 3 is 1.90 bits per heavy atom. The molecule has 0 aliphatic heterocycles. The highest BCUT2D eigenvalue weighted by atomic mass is 28.4. The van der Waals surface area contributed by atoms with Crippen molar-refractivity contribution >= 4 is 29.9 Å². The van der Waals surface area contributed by atoms with Crippen LogP contribution in [0.3, 0.4) is 0 Å². The van der Waals surface area contributed by atoms with Crippen molar-refractivity contribution in [3.63, 3.8) is 0 Å². The first-order valence-corrected chi connectivity index (χ1v) is 14.3. The lowest BCUT2D eigenvalue weighted by atomic mass is 10.0. The summed E-state index contributed by atoms with van der Waals surface area (Å²) >= 11 is 0. The second-order valence-electron chi connectivity index (χ2n) is 8.75. The largest absolute Gasteiger partial charge is 0.543 e. The van der Waals surface area contributed by atoms with E-state index in [0.29, 0.717) is 0 Å². The SMILES string of the molecule is CCCC[Si](CCCC)(CCCC)Oc1c2ccccc2cc2ccc(C)cc12. The van der Waals surface area contributed by atoms with E-state index in [4.69, 9.17) is 4.43 Å². The average Bonchev–Trinajstić information content (AvgIpc) is 2.74. The molecule has 2 heteroatoms. The molecule has 3 rings (SSSR count). The Bertz CT molecular complexity index is 909. The molecule has 0 aliphatic carbocycles. The molecular formula is C27H38OSi. The first-order chi connectivity index (χ1) is 14.1. The number of unbranched alkanes of at least 4 members (excludes halogenated alkanes) is 3. The van der Waals surface area contributed by atoms with E-state index >= 15 is 0 Å². The third kappa shape index (κ3) is 5.22. The molecule has 0 fully saturated rings. The van der Waals surface area contributed by atoms with E-state index in [-0.39, 0.29) is 0 Å². The molecule has 0 heterocycles. The third-order valence-corrected chi connectivity index (χ3v) is 10.7. The molecule has 3 aromatic carbocycles. The van der Waals surface area contributed by atoms with Gasteiger partial charge in [-0.25, -0.2) is 0 Å². The van der Waals surface area contributed by atoms with Gasteiger partial charge in [0.1, 0.15) is 5.75 Å². The van der Waals surface area contributed by atoms with Gasteiger partial charge >= 0.3 is 0 Å². The van der Waals surface area contributed by atoms with Crippen LogP contribution in [0.4, 0.5) is 0 Å². The smallest absolute Gasteiger partial charge is 0.251 e. The molecule has 0 saturated carbocycles. The molecule has 0 aromatic heterocycles. The summed E-state index contributed by atoms with van der Waals surface area (Å²) < 4.78 is 7.33. The fourth-order valence-corrected chi connectivity index (χ4v) is 9.19. The van der Waals surface area contributed by atoms with Crippen LogP contribution >= 0.6 is 0 Å². The van der Waals surface area contributed by atoms with Crippen molar-refractivity contribution in [3.05, 3.63) is 54.1 Å². The highest BCUT2D eigenvalue weighted by Crippen LogP contribution is 2.40. The van der Waals surface area contributed by atoms with Gasteiger partial charge in [-0.3, -0.25) is 0 Å². The van der Waals surface area contributed by atoms with Crippen molar-refractivity contribution in [2.45, 2.75) is 84.4 Å². The molecular weight excluding hydrogens is 368 g/mol. The zero-order chi connectivity index (χ0) is 20.7. The van der Waals surface area contributed by atoms with E-state index < -0.39 is 8.32 Å². The number of hydrogen-bond acceptors (Lipinski definition) is 1. The van der Waals surface area contributed by atoms with Gasteiger partial charge in [0.15, 0.2) is 0 Å². The van der Waals surface area contributed by atoms with Crippen LogP contribution in [0.2, 0.25) is 18.1 Å². The molecule has 0 radical (unpaired) electrons. The van der Waals surface area contributed by atoms with Gasteiger partial charge < -0.3 is 4.43 Å². The Kier molecular flexibility index (Phi) is 7.77. The summed E-state index contributed by atoms with van der Waals surface area (Å²) in [5.41, 5.74) is 1.31. The van der Waals surface area contributed by atoms with Gasteiger partial charge in [-0.15, -0.1) is 0 Å². The van der Waals surface area contributed by atoms with Crippen molar-refractivity contribution < 1.29 is 4.43 Å². The van der Waals surface area contributed by atoms with E-state index in [1.807, 2.05) is 0 Å². The molecule has 156 valence electrons. The summed E-state index contributed by atoms with van der Waals surface area (Å²) in [6, 6.07) is 21.8. The second kappa shape index (κ2) is 10.3. The van der Waals surface area contributed by atoms with Gasteiger partial charge in [-0.05, 0) is 48.0 Å². The quantitative estimate of drug-likeness (QED) is 0.228. The predicted molar refractivity (Wildman–Crippen MR) is 132 cm³/mol. The molecule has 0 unspecified atom stereocenters. The number of benzene rings is 3. The zero-order valence-electron chi connectivity index (χ0n) is 18.9. The van der Waals surface area contributed by atoms with E-state index in [9.17, 15) is 0 Å². The first-order valence-electron chi connectivity index (χ1n) is 11.7. The molecule has 0 aliphatic rings. The number of rotatable bonds is 11. The van der Waals surface area contributed by atoms with Crippen LogP contribution < -0.4 is 4.43 Å². The topological polar surface area (TPSA) is 9.23 Å². The van der Waals surface area contributed by atoms with Crippen LogP contribution in [-0.4, -0.2) is 8.32 Å². The van der Waals surface area contributed by atoms with Gasteiger partial charge in [0.05, 0.1) is 0 Å². The maximum Gasteiger partial charge on any atom is 0.251 e. The molecule has 0 amide bonds. The Morgan fingerprint density at radius 1 is 0.690 bits per heavy atom. The van der Waals surface area contributed by atoms with Crippen LogP contribution in [0.5, 0.6) is 5.75 Å². The zero-order valence-corrected chi connectivity index (χ0v) is 19.9. The molecule has 3 aromatic rings. The molecule has 0 atom stereocenters. The number of fused-ring (bicyclic) bond motifs is 2. The summed E-state index contributed by atoms with van der Waals surface area (Å²) in [5, 5.41) is 5.17. The van der Waals surface area contributed by atoms with Gasteiger partial charge in [-0.2, -0.15) is 0 Å². The van der Waals surface area contributed by atoms with Gasteiger partial charge in [-0.1, -0.05) is 101 Å². The Balaban J connectivity index is 2.16. The Hall–Kier alpha value is -1.80. The Morgan fingerprint density at radius 2 is 1.28 bits per heavy atom. The fourth-order valence-electron chi connectivity index (χ4n) is 4.49. The lowest BCUT2D eigenvalue weighted by molar-refractivity contribution is 0.520. The van der Waals surface area contributed by atoms with Crippen LogP contribution in [-0.2, 0) is 0 Å². The lowest BCUT2D eigenvalue weighted by Crippen LogP contribution is -2.41. The monoisotopic (exact) mass is 406 g/mol. The van der Waals surface area contributed by atoms with E-state index in [2.05, 4.69) is 76.2 Å². The van der Waals surface area contributed by atoms with Crippen LogP contribution in [0, 0.1) is 6.92 Å². The van der Waals surface area contributed by atoms with Crippen molar-refractivity contribution in [1.29, 1.82) is 0 Å². The highest BCUT2D eigenvalue weighted by Gasteiger charge is 2.36. The first kappa shape index (κ1) is 21.9. The summed E-state index contributed by atoms with van der Waals surface area (Å²) in [4.78, 5) is 0. The molecule has 0 saturated heterocycles. The maximum absolute atomic E-state index is 7.33. The van der Waals surface area contributed by atoms with Crippen molar-refractivity contribution in [2.75, 3.05) is 0 Å². The predicted octanol–water partition coefficient (Wildman–Crippen LogP) is 9.03. The standard InChI is InChI=1S/C27H38OSi/c1-5-8-17-29(18-9-6-2,19-10-7-3)28-27-25-14-12-11-13-23(25)21-24-16-15-22(4)20-26(24)27/h11-16,20-21H,5-10,17-19H2,1-4H3. The highest BCUT2D eigenvalue weighted by molar-refractivity contribution is 6.74. The minimum absolute atomic E-state index is 1.16. The van der Waals surface area contributed by atoms with Crippen LogP contribution in [0.25, 0.3) is 21.5 Å². The van der Waals surface area contributed by atoms with E-state index in [1.165, 1.54) is 83.8 Å². The maximum atomic E-state index is 7.33. The summed E-state index contributed by atoms with van der Waals surface area (Å²) in [6.07, 6.45) is 7.65. The second-order valence-corrected chi connectivity index (χ2v) is 12.8. The number of hydrogen-bond donors (Lipinski definition) is 0. The minimum atomic E-state index is -1.85. The molecule has 0 bridgehead atoms. The third-order valence-electron chi connectivity index (χ3n) is 6.25. The number of aryl methyl sites for hydroxylation is 1. The minimum Gasteiger partial charge on any atom is -0.543 e. The lowest BCUT2D eigenvalue weighted by Gasteiger charge is -2.34. The van der Waals surface area contributed by atoms with Gasteiger partial charge in [0.2, 0.25) is 0 Å². The molecule has 0 spiro atoms. The van der Waals surface area contributed by atoms with Crippen molar-refractivity contribution in [2.24, 2.45) is 0 Å². The molecule has 1 nitrogen and oxygen atoms in total. The van der Waals surface area contributed by atoms with E-state index in [0.717, 1.165) is 5.75 Å². The summed E-state index contributed by atoms with van der Waals surface area (Å²) in [5.74, 6) is 1.16. The Labute approximate surface area is 178 Å². The van der Waals surface area contributed by atoms with Crippen molar-refractivity contribution in [3.8, 4) is 5.75 Å². The fraction of sp³-hybridized carbons (Fsp3) is 0.481. The van der Waals surface area contributed by atoms with Crippen LogP contribution in [0.1, 0.15) is 64.9 Å². The van der Waals surface area contributed by atoms with Gasteiger partial charge in [0, 0.05) is 10.8 Å². The normalized spacial score (nSPS) is 12.0. The average molecular weight is 407 g/mol. The molecule has 0 N–H and O–H groups in total. The van der Waals surface area contributed by atoms with E-state index in [1.54, 1.807) is 0 Å². The van der Waals surface area contributed by atoms with Crippen molar-refractivity contribution in [1.82, 2.24) is 0 Å². The van der Waals surface area contributed by atoms with Crippen LogP contribution in [0.15, 0.2) is 48.5 Å². The summed E-state index contributed by atoms with van der Waals surface area (Å²) in [7, 11) is -1.85. The molecule has 29 heavy (non-hydrogen) atoms. The van der Waals surface area contributed by atoms with Gasteiger partial charge in [0.25, 0.3) is 8.32 Å².